The number of aromatic nitrogens is 2. The van der Waals surface area contributed by atoms with Crippen LogP contribution in [0.15, 0.2) is 46.0 Å². The number of carbonyl (C=O) groups is 1. The smallest absolute Gasteiger partial charge is 0.329 e. The Hall–Kier alpha value is -3.55. The van der Waals surface area contributed by atoms with Gasteiger partial charge in [-0.2, -0.15) is 0 Å². The van der Waals surface area contributed by atoms with E-state index in [0.29, 0.717) is 28.0 Å². The van der Waals surface area contributed by atoms with E-state index in [-0.39, 0.29) is 25.3 Å². The van der Waals surface area contributed by atoms with Gasteiger partial charge in [0.2, 0.25) is 6.79 Å². The molecular weight excluding hydrogens is 374 g/mol. The molecule has 0 saturated carbocycles. The van der Waals surface area contributed by atoms with Crippen molar-refractivity contribution in [3.8, 4) is 11.5 Å². The van der Waals surface area contributed by atoms with Gasteiger partial charge in [0.05, 0.1) is 17.4 Å². The quantitative estimate of drug-likeness (QED) is 0.688. The molecule has 2 heterocycles. The molecular formula is C21H21N3O5. The first-order chi connectivity index (χ1) is 14.0. The van der Waals surface area contributed by atoms with E-state index in [1.165, 1.54) is 6.07 Å². The lowest BCUT2D eigenvalue weighted by molar-refractivity contribution is 0.0939. The van der Waals surface area contributed by atoms with Crippen LogP contribution in [0.5, 0.6) is 11.5 Å². The van der Waals surface area contributed by atoms with Crippen molar-refractivity contribution in [2.45, 2.75) is 32.9 Å². The predicted octanol–water partition coefficient (Wildman–Crippen LogP) is 2.00. The number of nitrogens with zero attached hydrogens (tertiary/aromatic N) is 1. The summed E-state index contributed by atoms with van der Waals surface area (Å²) in [6, 6.07) is 10.00. The van der Waals surface area contributed by atoms with Crippen molar-refractivity contribution >= 4 is 16.8 Å². The summed E-state index contributed by atoms with van der Waals surface area (Å²) in [7, 11) is 0. The monoisotopic (exact) mass is 395 g/mol. The number of hydrogen-bond acceptors (Lipinski definition) is 5. The van der Waals surface area contributed by atoms with Gasteiger partial charge in [0.25, 0.3) is 11.5 Å². The highest BCUT2D eigenvalue weighted by atomic mass is 16.7. The number of rotatable bonds is 5. The summed E-state index contributed by atoms with van der Waals surface area (Å²) in [5, 5.41) is 3.21. The maximum absolute atomic E-state index is 12.9. The fraction of sp³-hybridized carbons (Fsp3) is 0.286. The molecule has 29 heavy (non-hydrogen) atoms. The minimum absolute atomic E-state index is 0.0342. The molecule has 0 aliphatic carbocycles. The highest BCUT2D eigenvalue weighted by Crippen LogP contribution is 2.32. The van der Waals surface area contributed by atoms with Crippen LogP contribution >= 0.6 is 0 Å². The van der Waals surface area contributed by atoms with E-state index >= 15 is 0 Å². The number of hydrogen-bond donors (Lipinski definition) is 2. The van der Waals surface area contributed by atoms with Gasteiger partial charge in [-0.05, 0) is 49.2 Å². The summed E-state index contributed by atoms with van der Waals surface area (Å²) < 4.78 is 11.7. The first-order valence-electron chi connectivity index (χ1n) is 9.42. The summed E-state index contributed by atoms with van der Waals surface area (Å²) in [5.74, 6) is 0.980. The van der Waals surface area contributed by atoms with E-state index in [0.717, 1.165) is 16.6 Å². The van der Waals surface area contributed by atoms with Crippen LogP contribution in [0.4, 0.5) is 0 Å². The highest BCUT2D eigenvalue weighted by molar-refractivity contribution is 5.97. The second-order valence-corrected chi connectivity index (χ2v) is 7.05. The Bertz CT molecular complexity index is 1210. The minimum Gasteiger partial charge on any atom is -0.454 e. The highest BCUT2D eigenvalue weighted by Gasteiger charge is 2.16. The van der Waals surface area contributed by atoms with Crippen molar-refractivity contribution in [2.24, 2.45) is 0 Å². The first kappa shape index (κ1) is 18.8. The van der Waals surface area contributed by atoms with E-state index in [4.69, 9.17) is 9.47 Å². The number of carbonyl (C=O) groups excluding carboxylic acids is 1. The molecule has 1 unspecified atom stereocenters. The second-order valence-electron chi connectivity index (χ2n) is 7.05. The third-order valence-corrected chi connectivity index (χ3v) is 5.01. The number of benzene rings is 2. The lowest BCUT2D eigenvalue weighted by atomic mass is 10.1. The fourth-order valence-corrected chi connectivity index (χ4v) is 3.17. The van der Waals surface area contributed by atoms with E-state index in [1.54, 1.807) is 30.3 Å². The van der Waals surface area contributed by atoms with Crippen LogP contribution in [0, 0.1) is 0 Å². The molecule has 0 fully saturated rings. The van der Waals surface area contributed by atoms with E-state index in [1.807, 2.05) is 13.8 Å². The number of amides is 1. The Kier molecular flexibility index (Phi) is 4.84. The van der Waals surface area contributed by atoms with E-state index in [2.05, 4.69) is 10.3 Å². The van der Waals surface area contributed by atoms with Crippen molar-refractivity contribution < 1.29 is 14.3 Å². The molecule has 1 atom stereocenters. The minimum atomic E-state index is -0.542. The zero-order valence-corrected chi connectivity index (χ0v) is 16.2. The molecule has 0 saturated heterocycles. The number of aromatic amines is 1. The molecule has 1 aromatic heterocycles. The Morgan fingerprint density at radius 3 is 2.76 bits per heavy atom. The normalized spacial score (nSPS) is 13.4. The summed E-state index contributed by atoms with van der Waals surface area (Å²) in [6.45, 7) is 4.14. The second kappa shape index (κ2) is 7.46. The third kappa shape index (κ3) is 3.61. The van der Waals surface area contributed by atoms with Gasteiger partial charge >= 0.3 is 5.69 Å². The molecule has 150 valence electrons. The van der Waals surface area contributed by atoms with Gasteiger partial charge in [0.15, 0.2) is 11.5 Å². The third-order valence-electron chi connectivity index (χ3n) is 5.01. The molecule has 0 bridgehead atoms. The van der Waals surface area contributed by atoms with Crippen LogP contribution in [0.2, 0.25) is 0 Å². The van der Waals surface area contributed by atoms with Crippen molar-refractivity contribution in [1.29, 1.82) is 0 Å². The Balaban J connectivity index is 1.68. The lowest BCUT2D eigenvalue weighted by Gasteiger charge is -2.12. The molecule has 2 N–H and O–H groups in total. The fourth-order valence-electron chi connectivity index (χ4n) is 3.17. The number of fused-ring (bicyclic) bond motifs is 2. The zero-order chi connectivity index (χ0) is 20.5. The van der Waals surface area contributed by atoms with Gasteiger partial charge in [-0.3, -0.25) is 14.2 Å². The van der Waals surface area contributed by atoms with Crippen molar-refractivity contribution in [3.05, 3.63) is 68.4 Å². The van der Waals surface area contributed by atoms with Gasteiger partial charge in [-0.15, -0.1) is 0 Å². The molecule has 8 heteroatoms. The standard InChI is InChI=1S/C21H21N3O5/c1-3-12(2)22-19(25)14-5-6-15-16(9-14)23-21(27)24(20(15)26)10-13-4-7-17-18(8-13)29-11-28-17/h4-9,12H,3,10-11H2,1-2H3,(H,22,25)(H,23,27). The number of ether oxygens (including phenoxy) is 2. The van der Waals surface area contributed by atoms with Gasteiger partial charge in [0.1, 0.15) is 0 Å². The SMILES string of the molecule is CCC(C)NC(=O)c1ccc2c(=O)n(Cc3ccc4c(c3)OCO4)c(=O)[nH]c2c1. The van der Waals surface area contributed by atoms with E-state index < -0.39 is 11.2 Å². The molecule has 1 amide bonds. The molecule has 3 aromatic rings. The molecule has 0 spiro atoms. The summed E-state index contributed by atoms with van der Waals surface area (Å²) in [5.41, 5.74) is 0.501. The first-order valence-corrected chi connectivity index (χ1v) is 9.42. The molecule has 4 rings (SSSR count). The molecule has 2 aromatic carbocycles. The predicted molar refractivity (Wildman–Crippen MR) is 108 cm³/mol. The van der Waals surface area contributed by atoms with Crippen molar-refractivity contribution in [1.82, 2.24) is 14.9 Å². The number of nitrogens with one attached hydrogen (secondary N) is 2. The maximum atomic E-state index is 12.9. The Morgan fingerprint density at radius 1 is 1.17 bits per heavy atom. The molecule has 1 aliphatic heterocycles. The average molecular weight is 395 g/mol. The largest absolute Gasteiger partial charge is 0.454 e. The molecule has 0 radical (unpaired) electrons. The molecule has 1 aliphatic rings. The van der Waals surface area contributed by atoms with Crippen LogP contribution in [0.1, 0.15) is 36.2 Å². The van der Waals surface area contributed by atoms with Crippen molar-refractivity contribution in [2.75, 3.05) is 6.79 Å². The van der Waals surface area contributed by atoms with Crippen LogP contribution < -0.4 is 26.0 Å². The molecule has 8 nitrogen and oxygen atoms in total. The van der Waals surface area contributed by atoms with Crippen LogP contribution in [-0.4, -0.2) is 28.3 Å². The van der Waals surface area contributed by atoms with Crippen LogP contribution in [0.25, 0.3) is 10.9 Å². The Labute approximate surface area is 166 Å². The van der Waals surface area contributed by atoms with E-state index in [9.17, 15) is 14.4 Å². The van der Waals surface area contributed by atoms with Gasteiger partial charge in [-0.25, -0.2) is 4.79 Å². The van der Waals surface area contributed by atoms with Crippen LogP contribution in [-0.2, 0) is 6.54 Å². The van der Waals surface area contributed by atoms with Gasteiger partial charge in [0, 0.05) is 11.6 Å². The van der Waals surface area contributed by atoms with Crippen LogP contribution in [0.3, 0.4) is 0 Å². The Morgan fingerprint density at radius 2 is 1.97 bits per heavy atom. The average Bonchev–Trinajstić information content (AvgIpc) is 3.18. The zero-order valence-electron chi connectivity index (χ0n) is 16.2. The maximum Gasteiger partial charge on any atom is 0.329 e. The summed E-state index contributed by atoms with van der Waals surface area (Å²) in [6.07, 6.45) is 0.806. The van der Waals surface area contributed by atoms with Gasteiger partial charge < -0.3 is 19.8 Å². The summed E-state index contributed by atoms with van der Waals surface area (Å²) >= 11 is 0. The number of H-pyrrole nitrogens is 1. The van der Waals surface area contributed by atoms with Crippen molar-refractivity contribution in [3.63, 3.8) is 0 Å². The lowest BCUT2D eigenvalue weighted by Crippen LogP contribution is -2.35. The summed E-state index contributed by atoms with van der Waals surface area (Å²) in [4.78, 5) is 40.5. The van der Waals surface area contributed by atoms with Gasteiger partial charge in [-0.1, -0.05) is 13.0 Å². The topological polar surface area (TPSA) is 102 Å².